The Morgan fingerprint density at radius 1 is 1.12 bits per heavy atom. The van der Waals surface area contributed by atoms with Crippen molar-refractivity contribution in [2.75, 3.05) is 25.6 Å². The standard InChI is InChI=1S/C18H16ClNO6/c1-24-16-7-6-13(19)8-14(16)20-17(22)10-26-18(23)11-25-15-5-3-2-4-12(15)9-21/h2-9H,10-11H2,1H3,(H,20,22). The lowest BCUT2D eigenvalue weighted by atomic mass is 10.2. The highest BCUT2D eigenvalue weighted by Gasteiger charge is 2.12. The minimum atomic E-state index is -0.751. The maximum absolute atomic E-state index is 11.9. The molecule has 0 saturated heterocycles. The normalized spacial score (nSPS) is 9.92. The van der Waals surface area contributed by atoms with Crippen LogP contribution in [0.4, 0.5) is 5.69 Å². The SMILES string of the molecule is COc1ccc(Cl)cc1NC(=O)COC(=O)COc1ccccc1C=O. The van der Waals surface area contributed by atoms with E-state index in [1.807, 2.05) is 0 Å². The summed E-state index contributed by atoms with van der Waals surface area (Å²) in [5.74, 6) is -0.637. The number of hydrogen-bond donors (Lipinski definition) is 1. The highest BCUT2D eigenvalue weighted by Crippen LogP contribution is 2.27. The fourth-order valence-electron chi connectivity index (χ4n) is 2.00. The summed E-state index contributed by atoms with van der Waals surface area (Å²) in [6, 6.07) is 11.2. The van der Waals surface area contributed by atoms with Crippen LogP contribution in [0.1, 0.15) is 10.4 Å². The van der Waals surface area contributed by atoms with Gasteiger partial charge in [0.05, 0.1) is 18.4 Å². The second kappa shape index (κ2) is 9.43. The van der Waals surface area contributed by atoms with E-state index in [1.54, 1.807) is 36.4 Å². The maximum Gasteiger partial charge on any atom is 0.344 e. The van der Waals surface area contributed by atoms with Crippen LogP contribution in [-0.2, 0) is 14.3 Å². The predicted molar refractivity (Wildman–Crippen MR) is 94.9 cm³/mol. The van der Waals surface area contributed by atoms with E-state index in [-0.39, 0.29) is 5.75 Å². The van der Waals surface area contributed by atoms with Gasteiger partial charge in [-0.3, -0.25) is 9.59 Å². The average molecular weight is 378 g/mol. The van der Waals surface area contributed by atoms with Gasteiger partial charge >= 0.3 is 5.97 Å². The van der Waals surface area contributed by atoms with Gasteiger partial charge in [0.1, 0.15) is 11.5 Å². The molecule has 0 spiro atoms. The third-order valence-electron chi connectivity index (χ3n) is 3.19. The molecule has 8 heteroatoms. The molecule has 0 bridgehead atoms. The summed E-state index contributed by atoms with van der Waals surface area (Å²) in [5, 5.41) is 2.95. The number of hydrogen-bond acceptors (Lipinski definition) is 6. The molecule has 2 aromatic carbocycles. The summed E-state index contributed by atoms with van der Waals surface area (Å²) in [6.45, 7) is -0.939. The van der Waals surface area contributed by atoms with Crippen molar-refractivity contribution in [2.45, 2.75) is 0 Å². The van der Waals surface area contributed by atoms with Crippen LogP contribution in [-0.4, -0.2) is 38.5 Å². The van der Waals surface area contributed by atoms with Gasteiger partial charge < -0.3 is 19.5 Å². The molecule has 0 heterocycles. The smallest absolute Gasteiger partial charge is 0.344 e. The molecule has 7 nitrogen and oxygen atoms in total. The van der Waals surface area contributed by atoms with Crippen molar-refractivity contribution in [3.05, 3.63) is 53.1 Å². The second-order valence-corrected chi connectivity index (χ2v) is 5.43. The van der Waals surface area contributed by atoms with Crippen LogP contribution in [0, 0.1) is 0 Å². The number of aldehydes is 1. The second-order valence-electron chi connectivity index (χ2n) is 5.00. The van der Waals surface area contributed by atoms with Crippen molar-refractivity contribution in [1.82, 2.24) is 0 Å². The zero-order chi connectivity index (χ0) is 18.9. The Bertz CT molecular complexity index is 808. The van der Waals surface area contributed by atoms with Crippen LogP contribution in [0.5, 0.6) is 11.5 Å². The molecule has 0 saturated carbocycles. The highest BCUT2D eigenvalue weighted by atomic mass is 35.5. The summed E-state index contributed by atoms with van der Waals surface area (Å²) in [7, 11) is 1.45. The van der Waals surface area contributed by atoms with Crippen molar-refractivity contribution in [3.8, 4) is 11.5 Å². The molecular weight excluding hydrogens is 362 g/mol. The Kier molecular flexibility index (Phi) is 6.99. The molecule has 1 amide bonds. The van der Waals surface area contributed by atoms with Crippen molar-refractivity contribution in [3.63, 3.8) is 0 Å². The van der Waals surface area contributed by atoms with E-state index < -0.39 is 25.1 Å². The summed E-state index contributed by atoms with van der Waals surface area (Å²) in [5.41, 5.74) is 0.670. The molecule has 0 aromatic heterocycles. The number of anilines is 1. The Morgan fingerprint density at radius 2 is 1.88 bits per heavy atom. The van der Waals surface area contributed by atoms with Crippen LogP contribution in [0.15, 0.2) is 42.5 Å². The van der Waals surface area contributed by atoms with E-state index >= 15 is 0 Å². The van der Waals surface area contributed by atoms with Crippen LogP contribution in [0.25, 0.3) is 0 Å². The van der Waals surface area contributed by atoms with Crippen LogP contribution < -0.4 is 14.8 Å². The zero-order valence-electron chi connectivity index (χ0n) is 13.9. The van der Waals surface area contributed by atoms with Gasteiger partial charge in [0, 0.05) is 5.02 Å². The third-order valence-corrected chi connectivity index (χ3v) is 3.43. The Hall–Kier alpha value is -3.06. The van der Waals surface area contributed by atoms with E-state index in [0.29, 0.717) is 28.3 Å². The molecule has 2 rings (SSSR count). The van der Waals surface area contributed by atoms with Gasteiger partial charge in [-0.1, -0.05) is 23.7 Å². The van der Waals surface area contributed by atoms with E-state index in [2.05, 4.69) is 5.32 Å². The predicted octanol–water partition coefficient (Wildman–Crippen LogP) is 2.72. The highest BCUT2D eigenvalue weighted by molar-refractivity contribution is 6.31. The molecule has 0 aliphatic rings. The van der Waals surface area contributed by atoms with Gasteiger partial charge in [-0.15, -0.1) is 0 Å². The number of methoxy groups -OCH3 is 1. The van der Waals surface area contributed by atoms with E-state index in [4.69, 9.17) is 25.8 Å². The summed E-state index contributed by atoms with van der Waals surface area (Å²) >= 11 is 5.88. The molecule has 2 aromatic rings. The van der Waals surface area contributed by atoms with Gasteiger partial charge in [-0.25, -0.2) is 4.79 Å². The number of ether oxygens (including phenoxy) is 3. The number of carbonyl (C=O) groups is 3. The van der Waals surface area contributed by atoms with Crippen LogP contribution in [0.2, 0.25) is 5.02 Å². The van der Waals surface area contributed by atoms with Gasteiger partial charge in [0.2, 0.25) is 0 Å². The first-order valence-corrected chi connectivity index (χ1v) is 7.87. The number of benzene rings is 2. The number of halogens is 1. The Balaban J connectivity index is 1.83. The van der Waals surface area contributed by atoms with Crippen LogP contribution in [0.3, 0.4) is 0 Å². The molecule has 0 radical (unpaired) electrons. The maximum atomic E-state index is 11.9. The summed E-state index contributed by atoms with van der Waals surface area (Å²) in [6.07, 6.45) is 0.618. The Labute approximate surface area is 154 Å². The van der Waals surface area contributed by atoms with Gasteiger partial charge in [-0.05, 0) is 30.3 Å². The quantitative estimate of drug-likeness (QED) is 0.562. The fraction of sp³-hybridized carbons (Fsp3) is 0.167. The van der Waals surface area contributed by atoms with E-state index in [0.717, 1.165) is 0 Å². The molecule has 0 atom stereocenters. The topological polar surface area (TPSA) is 90.9 Å². The number of amides is 1. The first kappa shape index (κ1) is 19.3. The van der Waals surface area contributed by atoms with Crippen molar-refractivity contribution >= 4 is 35.5 Å². The minimum absolute atomic E-state index is 0.257. The summed E-state index contributed by atoms with van der Waals surface area (Å²) < 4.78 is 15.2. The first-order valence-electron chi connectivity index (χ1n) is 7.49. The van der Waals surface area contributed by atoms with Crippen molar-refractivity contribution in [1.29, 1.82) is 0 Å². The van der Waals surface area contributed by atoms with E-state index in [1.165, 1.54) is 13.2 Å². The number of nitrogens with one attached hydrogen (secondary N) is 1. The number of rotatable bonds is 8. The zero-order valence-corrected chi connectivity index (χ0v) is 14.6. The molecule has 0 aliphatic carbocycles. The van der Waals surface area contributed by atoms with Crippen molar-refractivity contribution < 1.29 is 28.6 Å². The molecule has 136 valence electrons. The average Bonchev–Trinajstić information content (AvgIpc) is 2.65. The molecule has 26 heavy (non-hydrogen) atoms. The lowest BCUT2D eigenvalue weighted by Gasteiger charge is -2.11. The van der Waals surface area contributed by atoms with E-state index in [9.17, 15) is 14.4 Å². The van der Waals surface area contributed by atoms with Gasteiger partial charge in [0.25, 0.3) is 5.91 Å². The molecule has 0 fully saturated rings. The summed E-state index contributed by atoms with van der Waals surface area (Å²) in [4.78, 5) is 34.5. The number of para-hydroxylation sites is 1. The molecule has 0 aliphatic heterocycles. The largest absolute Gasteiger partial charge is 0.495 e. The number of esters is 1. The van der Waals surface area contributed by atoms with Crippen molar-refractivity contribution in [2.24, 2.45) is 0 Å². The number of carbonyl (C=O) groups excluding carboxylic acids is 3. The molecule has 1 N–H and O–H groups in total. The van der Waals surface area contributed by atoms with Crippen LogP contribution >= 0.6 is 11.6 Å². The third kappa shape index (κ3) is 5.49. The Morgan fingerprint density at radius 3 is 2.62 bits per heavy atom. The first-order chi connectivity index (χ1) is 12.5. The fourth-order valence-corrected chi connectivity index (χ4v) is 2.17. The lowest BCUT2D eigenvalue weighted by Crippen LogP contribution is -2.24. The lowest BCUT2D eigenvalue weighted by molar-refractivity contribution is -0.149. The molecular formula is C18H16ClNO6. The van der Waals surface area contributed by atoms with Gasteiger partial charge in [-0.2, -0.15) is 0 Å². The monoisotopic (exact) mass is 377 g/mol. The van der Waals surface area contributed by atoms with Gasteiger partial charge in [0.15, 0.2) is 19.5 Å². The molecule has 0 unspecified atom stereocenters. The minimum Gasteiger partial charge on any atom is -0.495 e.